The van der Waals surface area contributed by atoms with Gasteiger partial charge in [-0.05, 0) is 297 Å². The maximum Gasteiger partial charge on any atom is 0.282 e. The molecule has 6 heterocycles. The molecule has 0 N–H and O–H groups in total. The van der Waals surface area contributed by atoms with Gasteiger partial charge >= 0.3 is 0 Å². The van der Waals surface area contributed by atoms with Crippen LogP contribution in [-0.4, -0.2) is 329 Å². The van der Waals surface area contributed by atoms with Crippen LogP contribution in [-0.2, 0) is 60.7 Å². The van der Waals surface area contributed by atoms with Crippen LogP contribution in [0, 0.1) is 58.7 Å². The van der Waals surface area contributed by atoms with E-state index < -0.39 is 60.7 Å². The zero-order valence-electron chi connectivity index (χ0n) is 82.9. The quantitative estimate of drug-likeness (QED) is 0.0465. The van der Waals surface area contributed by atoms with Gasteiger partial charge in [-0.3, -0.25) is 0 Å². The molecule has 3 aliphatic carbocycles. The number of anilines is 3. The van der Waals surface area contributed by atoms with E-state index in [2.05, 4.69) is 52.6 Å². The Labute approximate surface area is 828 Å². The van der Waals surface area contributed by atoms with Crippen LogP contribution in [0.4, 0.5) is 17.1 Å². The van der Waals surface area contributed by atoms with Crippen molar-refractivity contribution < 1.29 is 55.2 Å². The van der Waals surface area contributed by atoms with Crippen LogP contribution < -0.4 is 19.4 Å². The summed E-state index contributed by atoms with van der Waals surface area (Å²) in [5.74, 6) is 1.16. The number of ether oxygens (including phenoxy) is 1. The molecular formula is C103H156N16O13S6. The first kappa shape index (κ1) is 107. The molecule has 0 radical (unpaired) electrons. The fraction of sp³-hybridized carbons (Fsp3) is 0.641. The molecule has 0 bridgehead atoms. The van der Waals surface area contributed by atoms with Crippen molar-refractivity contribution in [2.75, 3.05) is 234 Å². The van der Waals surface area contributed by atoms with Gasteiger partial charge < -0.3 is 34.1 Å². The first-order valence-electron chi connectivity index (χ1n) is 50.9. The van der Waals surface area contributed by atoms with E-state index in [0.717, 1.165) is 99.8 Å². The van der Waals surface area contributed by atoms with Crippen molar-refractivity contribution in [2.24, 2.45) is 47.3 Å². The van der Waals surface area contributed by atoms with Gasteiger partial charge in [0.25, 0.3) is 30.6 Å². The van der Waals surface area contributed by atoms with E-state index in [4.69, 9.17) is 4.74 Å². The molecule has 0 amide bonds. The maximum absolute atomic E-state index is 16.5. The molecule has 6 aliphatic heterocycles. The number of benzene rings is 5. The van der Waals surface area contributed by atoms with Gasteiger partial charge in [0, 0.05) is 209 Å². The van der Waals surface area contributed by atoms with Gasteiger partial charge in [0.05, 0.1) is 20.8 Å². The SMILES string of the molecule is C=C1CN(S(=O)(=O)c2ccc(N(C)C)cc2)CCCN(CC2CCCC(C3CC(c4ccccc4)CN(S(=O)(=O)N4CCCN(CC5CCCC(C6CN(S(=O)(=O)N7CCCN(CC8CCCCC8)CCCN(S(=O)(=O)c8ccc(N(C)C)cc8)CC(=C)C7)CCC6Oc6ccccc6)C5)CCCN(S(=O)(=O)c5ccc(N(C)C)cc5)CC(=C)C4)C3)C2)CCCN(S(=O)(=O)N2CCC(C#N)CC2)C1. The Bertz CT molecular complexity index is 5580. The normalized spacial score (nSPS) is 26.2. The van der Waals surface area contributed by atoms with Crippen LogP contribution in [0.15, 0.2) is 185 Å². The van der Waals surface area contributed by atoms with Crippen LogP contribution >= 0.6 is 0 Å². The maximum atomic E-state index is 16.5. The molecule has 9 aliphatic rings. The first-order chi connectivity index (χ1) is 66.0. The Morgan fingerprint density at radius 1 is 0.326 bits per heavy atom. The zero-order chi connectivity index (χ0) is 98.1. The molecule has 6 saturated heterocycles. The molecule has 5 aromatic rings. The Morgan fingerprint density at radius 2 is 0.681 bits per heavy atom. The van der Waals surface area contributed by atoms with Crippen molar-refractivity contribution in [2.45, 2.75) is 174 Å². The number of nitrogens with zero attached hydrogens (tertiary/aromatic N) is 16. The summed E-state index contributed by atoms with van der Waals surface area (Å²) >= 11 is 0. The van der Waals surface area contributed by atoms with Crippen molar-refractivity contribution in [3.05, 3.63) is 175 Å². The fourth-order valence-electron chi connectivity index (χ4n) is 23.2. The molecule has 35 heteroatoms. The summed E-state index contributed by atoms with van der Waals surface area (Å²) < 4.78 is 205. The molecule has 5 aromatic carbocycles. The number of hydrogen-bond acceptors (Lipinski definition) is 20. The zero-order valence-corrected chi connectivity index (χ0v) is 87.8. The van der Waals surface area contributed by atoms with E-state index in [1.54, 1.807) is 90.0 Å². The number of hydrogen-bond donors (Lipinski definition) is 0. The van der Waals surface area contributed by atoms with Gasteiger partial charge in [0.15, 0.2) is 0 Å². The summed E-state index contributed by atoms with van der Waals surface area (Å²) in [7, 11) is -13.4. The predicted molar refractivity (Wildman–Crippen MR) is 551 cm³/mol. The molecule has 8 atom stereocenters. The van der Waals surface area contributed by atoms with Crippen LogP contribution in [0.3, 0.4) is 0 Å². The summed E-state index contributed by atoms with van der Waals surface area (Å²) in [5.41, 5.74) is 5.01. The third kappa shape index (κ3) is 27.8. The summed E-state index contributed by atoms with van der Waals surface area (Å²) in [6.07, 6.45) is 18.0. The summed E-state index contributed by atoms with van der Waals surface area (Å²) in [5, 5.41) is 9.75. The van der Waals surface area contributed by atoms with Gasteiger partial charge in [-0.25, -0.2) is 25.3 Å². The van der Waals surface area contributed by atoms with E-state index >= 15 is 25.3 Å². The van der Waals surface area contributed by atoms with Gasteiger partial charge in [-0.2, -0.15) is 69.3 Å². The third-order valence-corrected chi connectivity index (χ3v) is 42.2. The molecule has 14 rings (SSSR count). The Morgan fingerprint density at radius 3 is 1.09 bits per heavy atom. The summed E-state index contributed by atoms with van der Waals surface area (Å²) in [4.78, 5) is 13.4. The molecule has 9 fully saturated rings. The molecule has 29 nitrogen and oxygen atoms in total. The molecule has 0 aromatic heterocycles. The monoisotopic (exact) mass is 2020 g/mol. The Kier molecular flexibility index (Phi) is 37.8. The van der Waals surface area contributed by atoms with E-state index in [1.165, 1.54) is 40.8 Å². The van der Waals surface area contributed by atoms with Crippen LogP contribution in [0.2, 0.25) is 0 Å². The van der Waals surface area contributed by atoms with E-state index in [0.29, 0.717) is 139 Å². The van der Waals surface area contributed by atoms with Gasteiger partial charge in [-0.1, -0.05) is 107 Å². The number of nitriles is 1. The number of rotatable bonds is 26. The lowest BCUT2D eigenvalue weighted by Gasteiger charge is -2.45. The minimum atomic E-state index is -4.32. The molecular weight excluding hydrogens is 1860 g/mol. The predicted octanol–water partition coefficient (Wildman–Crippen LogP) is 13.2. The van der Waals surface area contributed by atoms with E-state index in [1.807, 2.05) is 106 Å². The summed E-state index contributed by atoms with van der Waals surface area (Å²) in [6.45, 7) is 21.2. The average molecular weight is 2020 g/mol. The summed E-state index contributed by atoms with van der Waals surface area (Å²) in [6, 6.07) is 42.9. The largest absolute Gasteiger partial charge is 0.490 e. The lowest BCUT2D eigenvalue weighted by Crippen LogP contribution is -2.55. The van der Waals surface area contributed by atoms with Crippen LogP contribution in [0.25, 0.3) is 0 Å². The van der Waals surface area contributed by atoms with Crippen molar-refractivity contribution in [3.63, 3.8) is 0 Å². The highest BCUT2D eigenvalue weighted by molar-refractivity contribution is 7.90. The highest BCUT2D eigenvalue weighted by atomic mass is 32.2. The van der Waals surface area contributed by atoms with Gasteiger partial charge in [-0.15, -0.1) is 0 Å². The minimum Gasteiger partial charge on any atom is -0.490 e. The standard InChI is InChI=1S/C103H156N16O13S6/c1-83-71-113(134(122,123)100-45-39-96(40-46-100)106(6)7)59-22-53-109(56-25-61-115(74-83)136(126,127)111-64-49-86(70-104)50-65-111)78-88-29-19-33-91(67-88)94-69-93(90-31-15-11-16-32-90)80-119(81-94)138(130,131)117-63-26-57-110(54-23-60-114(73-85(3)76-117)135(124,125)101-47-41-97(42-48-101)107(8)9)79-89-30-20-34-92(68-89)102-82-118(66-51-103(102)132-98-35-17-12-18-36-98)137(128,129)116-62-24-55-108(77-87-27-13-10-14-28-87)52-21-58-112(72-84(2)75-116)133(120,121)99-43-37-95(38-44-99)105(4)5/h11-12,15-18,31-32,35-48,86-89,91-94,102-103H,1-3,10,13-14,19-30,33-34,49-69,71-82H2,4-9H3. The van der Waals surface area contributed by atoms with Crippen molar-refractivity contribution >= 4 is 77.8 Å². The first-order valence-corrected chi connectivity index (χ1v) is 59.4. The Balaban J connectivity index is 0.700. The highest BCUT2D eigenvalue weighted by Gasteiger charge is 2.47. The lowest BCUT2D eigenvalue weighted by molar-refractivity contribution is 0.0170. The Hall–Kier alpha value is -6.77. The van der Waals surface area contributed by atoms with E-state index in [9.17, 15) is 30.5 Å². The number of piperidine rings is 3. The van der Waals surface area contributed by atoms with Crippen molar-refractivity contribution in [1.82, 2.24) is 53.4 Å². The molecule has 138 heavy (non-hydrogen) atoms. The van der Waals surface area contributed by atoms with Gasteiger partial charge in [0.2, 0.25) is 30.1 Å². The fourth-order valence-corrected chi connectivity index (χ4v) is 32.9. The van der Waals surface area contributed by atoms with Crippen molar-refractivity contribution in [3.8, 4) is 11.8 Å². The molecule has 8 unspecified atom stereocenters. The minimum absolute atomic E-state index is 0.0368. The second kappa shape index (κ2) is 48.7. The number of sulfonamides is 3. The average Bonchev–Trinajstić information content (AvgIpc) is 0.899. The topological polar surface area (TPSA) is 286 Å². The second-order valence-corrected chi connectivity index (χ2v) is 53.2. The van der Waals surface area contributed by atoms with Gasteiger partial charge in [0.1, 0.15) is 11.9 Å². The van der Waals surface area contributed by atoms with Crippen molar-refractivity contribution in [1.29, 1.82) is 5.26 Å². The molecule has 0 spiro atoms. The smallest absolute Gasteiger partial charge is 0.282 e. The third-order valence-electron chi connectivity index (χ3n) is 30.8. The number of para-hydroxylation sites is 1. The highest BCUT2D eigenvalue weighted by Crippen LogP contribution is 2.45. The van der Waals surface area contributed by atoms with Crippen LogP contribution in [0.1, 0.15) is 159 Å². The van der Waals surface area contributed by atoms with Crippen LogP contribution in [0.5, 0.6) is 5.75 Å². The molecule has 3 saturated carbocycles. The molecule has 762 valence electrons. The second-order valence-electron chi connectivity index (χ2n) is 41.6. The lowest BCUT2D eigenvalue weighted by atomic mass is 9.70. The van der Waals surface area contributed by atoms with E-state index in [-0.39, 0.29) is 186 Å².